The summed E-state index contributed by atoms with van der Waals surface area (Å²) in [6, 6.07) is 11.6. The van der Waals surface area contributed by atoms with E-state index in [1.807, 2.05) is 24.3 Å². The molecule has 0 radical (unpaired) electrons. The van der Waals surface area contributed by atoms with Crippen LogP contribution in [0.4, 0.5) is 5.69 Å². The van der Waals surface area contributed by atoms with Crippen LogP contribution in [0.15, 0.2) is 41.8 Å². The van der Waals surface area contributed by atoms with Gasteiger partial charge in [0, 0.05) is 12.3 Å². The molecule has 1 amide bonds. The van der Waals surface area contributed by atoms with Crippen LogP contribution in [-0.2, 0) is 16.1 Å². The Morgan fingerprint density at radius 2 is 2.20 bits per heavy atom. The summed E-state index contributed by atoms with van der Waals surface area (Å²) < 4.78 is 10.9. The van der Waals surface area contributed by atoms with Crippen molar-refractivity contribution in [3.05, 3.63) is 46.7 Å². The van der Waals surface area contributed by atoms with E-state index in [4.69, 9.17) is 9.47 Å². The molecule has 1 unspecified atom stereocenters. The number of carbonyl (C=O) groups is 1. The summed E-state index contributed by atoms with van der Waals surface area (Å²) >= 11 is 1.74. The molecule has 0 bridgehead atoms. The average molecular weight is 361 g/mol. The van der Waals surface area contributed by atoms with E-state index in [0.29, 0.717) is 6.54 Å². The first-order chi connectivity index (χ1) is 12.2. The molecule has 25 heavy (non-hydrogen) atoms. The molecular formula is C19H25N2O3S+. The fourth-order valence-electron chi connectivity index (χ4n) is 3.10. The van der Waals surface area contributed by atoms with Gasteiger partial charge in [0.2, 0.25) is 0 Å². The van der Waals surface area contributed by atoms with Crippen molar-refractivity contribution in [2.45, 2.75) is 25.5 Å². The largest absolute Gasteiger partial charge is 0.497 e. The fourth-order valence-corrected chi connectivity index (χ4v) is 3.88. The van der Waals surface area contributed by atoms with Crippen molar-refractivity contribution < 1.29 is 19.2 Å². The second-order valence-electron chi connectivity index (χ2n) is 6.30. The van der Waals surface area contributed by atoms with Gasteiger partial charge in [0.1, 0.15) is 24.9 Å². The van der Waals surface area contributed by atoms with Crippen molar-refractivity contribution in [2.75, 3.05) is 32.1 Å². The number of methoxy groups -OCH3 is 1. The van der Waals surface area contributed by atoms with E-state index in [1.165, 1.54) is 9.78 Å². The van der Waals surface area contributed by atoms with Gasteiger partial charge in [-0.05, 0) is 48.6 Å². The minimum absolute atomic E-state index is 0.0229. The SMILES string of the molecule is COc1ccc(NC(=O)C[NH+](Cc2cccs2)C[C@@H]2CCCO2)cc1. The van der Waals surface area contributed by atoms with E-state index < -0.39 is 0 Å². The third-order valence-electron chi connectivity index (χ3n) is 4.33. The Bertz CT molecular complexity index is 652. The normalized spacial score (nSPS) is 18.0. The Labute approximate surface area is 152 Å². The molecule has 5 nitrogen and oxygen atoms in total. The topological polar surface area (TPSA) is 52.0 Å². The number of amides is 1. The van der Waals surface area contributed by atoms with Gasteiger partial charge in [-0.15, -0.1) is 11.3 Å². The molecule has 0 spiro atoms. The van der Waals surface area contributed by atoms with Crippen LogP contribution in [0, 0.1) is 0 Å². The van der Waals surface area contributed by atoms with E-state index in [0.717, 1.165) is 44.0 Å². The van der Waals surface area contributed by atoms with E-state index in [2.05, 4.69) is 22.8 Å². The predicted molar refractivity (Wildman–Crippen MR) is 99.3 cm³/mol. The van der Waals surface area contributed by atoms with Crippen molar-refractivity contribution in [3.8, 4) is 5.75 Å². The summed E-state index contributed by atoms with van der Waals surface area (Å²) in [6.45, 7) is 3.00. The van der Waals surface area contributed by atoms with Crippen LogP contribution in [0.2, 0.25) is 0 Å². The molecule has 1 aliphatic rings. The lowest BCUT2D eigenvalue weighted by molar-refractivity contribution is -0.908. The van der Waals surface area contributed by atoms with Gasteiger partial charge in [-0.2, -0.15) is 0 Å². The Morgan fingerprint density at radius 3 is 2.84 bits per heavy atom. The van der Waals surface area contributed by atoms with E-state index >= 15 is 0 Å². The molecule has 1 aliphatic heterocycles. The number of nitrogens with one attached hydrogen (secondary N) is 2. The van der Waals surface area contributed by atoms with Crippen LogP contribution in [-0.4, -0.2) is 38.8 Å². The summed E-state index contributed by atoms with van der Waals surface area (Å²) in [7, 11) is 1.63. The first kappa shape index (κ1) is 17.9. The number of carbonyl (C=O) groups excluding carboxylic acids is 1. The smallest absolute Gasteiger partial charge is 0.279 e. The van der Waals surface area contributed by atoms with Crippen LogP contribution in [0.3, 0.4) is 0 Å². The number of anilines is 1. The van der Waals surface area contributed by atoms with E-state index in [-0.39, 0.29) is 12.0 Å². The van der Waals surface area contributed by atoms with Gasteiger partial charge in [-0.25, -0.2) is 0 Å². The van der Waals surface area contributed by atoms with Crippen LogP contribution in [0.5, 0.6) is 5.75 Å². The molecule has 134 valence electrons. The number of benzene rings is 1. The van der Waals surface area contributed by atoms with Gasteiger partial charge in [-0.1, -0.05) is 6.07 Å². The van der Waals surface area contributed by atoms with Crippen molar-refractivity contribution in [1.82, 2.24) is 0 Å². The van der Waals surface area contributed by atoms with Crippen molar-refractivity contribution in [1.29, 1.82) is 0 Å². The van der Waals surface area contributed by atoms with Gasteiger partial charge in [0.15, 0.2) is 6.54 Å². The molecule has 1 saturated heterocycles. The molecule has 1 aromatic heterocycles. The fraction of sp³-hybridized carbons (Fsp3) is 0.421. The number of hydrogen-bond acceptors (Lipinski definition) is 4. The first-order valence-corrected chi connectivity index (χ1v) is 9.52. The molecule has 2 aromatic rings. The highest BCUT2D eigenvalue weighted by Crippen LogP contribution is 2.15. The second kappa shape index (κ2) is 8.99. The van der Waals surface area contributed by atoms with E-state index in [1.54, 1.807) is 18.4 Å². The number of hydrogen-bond donors (Lipinski definition) is 2. The zero-order valence-electron chi connectivity index (χ0n) is 14.5. The number of thiophene rings is 1. The molecule has 6 heteroatoms. The minimum Gasteiger partial charge on any atom is -0.497 e. The van der Waals surface area contributed by atoms with Crippen LogP contribution in [0.25, 0.3) is 0 Å². The molecular weight excluding hydrogens is 336 g/mol. The van der Waals surface area contributed by atoms with Crippen LogP contribution in [0.1, 0.15) is 17.7 Å². The maximum absolute atomic E-state index is 12.5. The lowest BCUT2D eigenvalue weighted by Crippen LogP contribution is -3.12. The van der Waals surface area contributed by atoms with Gasteiger partial charge in [0.05, 0.1) is 12.0 Å². The molecule has 0 aliphatic carbocycles. The summed E-state index contributed by atoms with van der Waals surface area (Å²) in [5.74, 6) is 0.802. The summed E-state index contributed by atoms with van der Waals surface area (Å²) in [5, 5.41) is 5.06. The summed E-state index contributed by atoms with van der Waals surface area (Å²) in [6.07, 6.45) is 2.48. The van der Waals surface area contributed by atoms with Gasteiger partial charge >= 0.3 is 0 Å². The lowest BCUT2D eigenvalue weighted by Gasteiger charge is -2.21. The first-order valence-electron chi connectivity index (χ1n) is 8.64. The predicted octanol–water partition coefficient (Wildman–Crippen LogP) is 1.96. The molecule has 2 N–H and O–H groups in total. The number of rotatable bonds is 8. The summed E-state index contributed by atoms with van der Waals surface area (Å²) in [4.78, 5) is 15.0. The third kappa shape index (κ3) is 5.56. The Morgan fingerprint density at radius 1 is 1.36 bits per heavy atom. The molecule has 2 atom stereocenters. The van der Waals surface area contributed by atoms with Crippen LogP contribution < -0.4 is 15.0 Å². The van der Waals surface area contributed by atoms with Crippen molar-refractivity contribution in [3.63, 3.8) is 0 Å². The molecule has 0 saturated carbocycles. The van der Waals surface area contributed by atoms with Crippen molar-refractivity contribution >= 4 is 22.9 Å². The summed E-state index contributed by atoms with van der Waals surface area (Å²) in [5.41, 5.74) is 0.790. The number of ether oxygens (including phenoxy) is 2. The maximum Gasteiger partial charge on any atom is 0.279 e. The highest BCUT2D eigenvalue weighted by atomic mass is 32.1. The average Bonchev–Trinajstić information content (AvgIpc) is 3.29. The highest BCUT2D eigenvalue weighted by Gasteiger charge is 2.24. The molecule has 3 rings (SSSR count). The van der Waals surface area contributed by atoms with E-state index in [9.17, 15) is 4.79 Å². The zero-order chi connectivity index (χ0) is 17.5. The number of quaternary nitrogens is 1. The van der Waals surface area contributed by atoms with Gasteiger partial charge in [0.25, 0.3) is 5.91 Å². The zero-order valence-corrected chi connectivity index (χ0v) is 15.3. The van der Waals surface area contributed by atoms with Gasteiger partial charge < -0.3 is 19.7 Å². The Kier molecular flexibility index (Phi) is 6.44. The highest BCUT2D eigenvalue weighted by molar-refractivity contribution is 7.09. The quantitative estimate of drug-likeness (QED) is 0.756. The molecule has 1 fully saturated rings. The van der Waals surface area contributed by atoms with Crippen molar-refractivity contribution in [2.24, 2.45) is 0 Å². The van der Waals surface area contributed by atoms with Crippen LogP contribution >= 0.6 is 11.3 Å². The standard InChI is InChI=1S/C19H24N2O3S/c1-23-16-8-6-15(7-9-16)20-19(22)14-21(12-17-4-2-10-24-17)13-18-5-3-11-25-18/h3,5-9,11,17H,2,4,10,12-14H2,1H3,(H,20,22)/p+1/t17-/m0/s1. The Hall–Kier alpha value is -1.89. The molecule has 2 heterocycles. The molecule has 1 aromatic carbocycles. The third-order valence-corrected chi connectivity index (χ3v) is 5.21. The maximum atomic E-state index is 12.5. The van der Waals surface area contributed by atoms with Gasteiger partial charge in [-0.3, -0.25) is 4.79 Å². The minimum atomic E-state index is 0.0229. The Balaban J connectivity index is 1.57. The second-order valence-corrected chi connectivity index (χ2v) is 7.33. The monoisotopic (exact) mass is 361 g/mol. The lowest BCUT2D eigenvalue weighted by atomic mass is 10.2.